The molecular weight excluding hydrogens is 857 g/mol. The normalized spacial score (nSPS) is 10.4. The lowest BCUT2D eigenvalue weighted by atomic mass is 10.0. The first-order valence-electron chi connectivity index (χ1n) is 22.9. The van der Waals surface area contributed by atoms with Gasteiger partial charge in [-0.2, -0.15) is 0 Å². The second-order valence-electron chi connectivity index (χ2n) is 15.9. The zero-order chi connectivity index (χ0) is 48.4. The molecule has 0 aromatic heterocycles. The quantitative estimate of drug-likeness (QED) is 0.0251. The van der Waals surface area contributed by atoms with E-state index in [0.717, 1.165) is 96.2 Å². The van der Waals surface area contributed by atoms with Crippen LogP contribution in [0.4, 0.5) is 0 Å². The fourth-order valence-electron chi connectivity index (χ4n) is 6.59. The van der Waals surface area contributed by atoms with Crippen molar-refractivity contribution >= 4 is 23.9 Å². The predicted octanol–water partition coefficient (Wildman–Crippen LogP) is 13.1. The molecule has 0 aliphatic rings. The molecule has 0 radical (unpaired) electrons. The largest absolute Gasteiger partial charge is 0.494 e. The second-order valence-corrected chi connectivity index (χ2v) is 15.9. The smallest absolute Gasteiger partial charge is 0.343 e. The van der Waals surface area contributed by atoms with Crippen LogP contribution >= 0.6 is 0 Å². The van der Waals surface area contributed by atoms with Gasteiger partial charge in [0.25, 0.3) is 0 Å². The molecule has 0 unspecified atom stereocenters. The summed E-state index contributed by atoms with van der Waals surface area (Å²) in [6.45, 7) is 12.9. The van der Waals surface area contributed by atoms with Gasteiger partial charge in [-0.1, -0.05) is 97.1 Å². The molecule has 68 heavy (non-hydrogen) atoms. The van der Waals surface area contributed by atoms with E-state index in [2.05, 4.69) is 13.2 Å². The van der Waals surface area contributed by atoms with Gasteiger partial charge in [-0.25, -0.2) is 19.2 Å². The number of carbonyl (C=O) groups is 4. The third-order valence-electron chi connectivity index (χ3n) is 10.5. The van der Waals surface area contributed by atoms with Gasteiger partial charge in [-0.15, -0.1) is 0 Å². The highest BCUT2D eigenvalue weighted by atomic mass is 16.5. The third kappa shape index (κ3) is 18.3. The Kier molecular flexibility index (Phi) is 21.4. The lowest BCUT2D eigenvalue weighted by molar-refractivity contribution is -0.138. The van der Waals surface area contributed by atoms with Crippen molar-refractivity contribution in [3.05, 3.63) is 193 Å². The Labute approximate surface area is 400 Å². The maximum atomic E-state index is 12.4. The van der Waals surface area contributed by atoms with Crippen molar-refractivity contribution in [2.24, 2.45) is 0 Å². The van der Waals surface area contributed by atoms with Gasteiger partial charge in [0.15, 0.2) is 0 Å². The van der Waals surface area contributed by atoms with Crippen LogP contribution in [0.2, 0.25) is 0 Å². The number of esters is 4. The Morgan fingerprint density at radius 3 is 0.956 bits per heavy atom. The molecule has 0 saturated heterocycles. The van der Waals surface area contributed by atoms with Crippen molar-refractivity contribution in [2.45, 2.75) is 65.2 Å². The van der Waals surface area contributed by atoms with Gasteiger partial charge in [-0.05, 0) is 160 Å². The highest BCUT2D eigenvalue weighted by Crippen LogP contribution is 2.26. The molecule has 0 fully saturated rings. The van der Waals surface area contributed by atoms with E-state index in [1.165, 1.54) is 12.2 Å². The Bertz CT molecular complexity index is 2310. The molecule has 0 amide bonds. The molecule has 0 N–H and O–H groups in total. The van der Waals surface area contributed by atoms with Crippen LogP contribution < -0.4 is 18.9 Å². The molecule has 6 aromatic rings. The zero-order valence-electron chi connectivity index (χ0n) is 39.0. The number of carbonyl (C=O) groups excluding carboxylic acids is 4. The lowest BCUT2D eigenvalue weighted by Crippen LogP contribution is -2.08. The minimum Gasteiger partial charge on any atom is -0.494 e. The summed E-state index contributed by atoms with van der Waals surface area (Å²) in [6, 6.07) is 45.3. The predicted molar refractivity (Wildman–Crippen MR) is 266 cm³/mol. The molecule has 0 atom stereocenters. The van der Waals surface area contributed by atoms with Crippen LogP contribution in [0.3, 0.4) is 0 Å². The van der Waals surface area contributed by atoms with Gasteiger partial charge in [0, 0.05) is 12.2 Å². The number of hydrogen-bond acceptors (Lipinski definition) is 10. The summed E-state index contributed by atoms with van der Waals surface area (Å²) in [5.41, 5.74) is 7.33. The van der Waals surface area contributed by atoms with E-state index >= 15 is 0 Å². The topological polar surface area (TPSA) is 124 Å². The summed E-state index contributed by atoms with van der Waals surface area (Å²) in [5, 5.41) is 0. The van der Waals surface area contributed by atoms with Gasteiger partial charge in [0.1, 0.15) is 23.0 Å². The van der Waals surface area contributed by atoms with Gasteiger partial charge in [0.05, 0.1) is 37.6 Å². The molecule has 6 aromatic carbocycles. The van der Waals surface area contributed by atoms with E-state index in [4.69, 9.17) is 28.4 Å². The van der Waals surface area contributed by atoms with Crippen LogP contribution in [0.25, 0.3) is 22.3 Å². The molecule has 0 spiro atoms. The van der Waals surface area contributed by atoms with Crippen molar-refractivity contribution in [2.75, 3.05) is 26.4 Å². The van der Waals surface area contributed by atoms with E-state index in [1.54, 1.807) is 48.5 Å². The van der Waals surface area contributed by atoms with Crippen LogP contribution in [-0.2, 0) is 19.1 Å². The number of hydrogen-bond donors (Lipinski definition) is 0. The fourth-order valence-corrected chi connectivity index (χ4v) is 6.59. The van der Waals surface area contributed by atoms with E-state index in [1.807, 2.05) is 111 Å². The summed E-state index contributed by atoms with van der Waals surface area (Å²) < 4.78 is 32.4. The molecule has 10 nitrogen and oxygen atoms in total. The SMILES string of the molecule is C=CC(=O)OCCCCCCOc1ccc(-c2ccc(C(=O)Oc3ccc(C)cc3)cc2)cc1.C=CC(=O)OCCCCCCOc1ccc(-c2ccc(C(=O)Oc3ccc(C)cc3)cc2)cc1. The van der Waals surface area contributed by atoms with E-state index < -0.39 is 0 Å². The third-order valence-corrected chi connectivity index (χ3v) is 10.5. The van der Waals surface area contributed by atoms with Crippen molar-refractivity contribution in [3.8, 4) is 45.3 Å². The maximum Gasteiger partial charge on any atom is 0.343 e. The van der Waals surface area contributed by atoms with Crippen molar-refractivity contribution in [1.82, 2.24) is 0 Å². The van der Waals surface area contributed by atoms with Gasteiger partial charge in [-0.3, -0.25) is 0 Å². The zero-order valence-corrected chi connectivity index (χ0v) is 39.0. The van der Waals surface area contributed by atoms with Gasteiger partial charge in [0.2, 0.25) is 0 Å². The minimum absolute atomic E-state index is 0.372. The fraction of sp³-hybridized carbons (Fsp3) is 0.241. The first-order chi connectivity index (χ1) is 33.1. The monoisotopic (exact) mass is 916 g/mol. The Morgan fingerprint density at radius 2 is 0.647 bits per heavy atom. The lowest BCUT2D eigenvalue weighted by Gasteiger charge is -2.08. The van der Waals surface area contributed by atoms with Crippen LogP contribution in [0.15, 0.2) is 171 Å². The average molecular weight is 917 g/mol. The summed E-state index contributed by atoms with van der Waals surface area (Å²) in [7, 11) is 0. The second kappa shape index (κ2) is 28.3. The Balaban J connectivity index is 0.000000254. The highest BCUT2D eigenvalue weighted by molar-refractivity contribution is 5.92. The summed E-state index contributed by atoms with van der Waals surface area (Å²) in [4.78, 5) is 46.6. The maximum absolute atomic E-state index is 12.4. The average Bonchev–Trinajstić information content (AvgIpc) is 3.37. The molecule has 6 rings (SSSR count). The summed E-state index contributed by atoms with van der Waals surface area (Å²) >= 11 is 0. The first-order valence-corrected chi connectivity index (χ1v) is 22.9. The standard InChI is InChI=1S/2C29H30O5/c2*1-3-28(30)33-21-7-5-4-6-20-32-26-18-14-24(15-19-26)23-10-12-25(13-11-23)29(31)34-27-16-8-22(2)9-17-27/h2*3,8-19H,1,4-7,20-21H2,2H3. The van der Waals surface area contributed by atoms with Gasteiger partial charge >= 0.3 is 23.9 Å². The molecule has 10 heteroatoms. The number of benzene rings is 6. The molecule has 0 bridgehead atoms. The Hall–Kier alpha value is -7.72. The van der Waals surface area contributed by atoms with E-state index in [-0.39, 0.29) is 23.9 Å². The number of ether oxygens (including phenoxy) is 6. The van der Waals surface area contributed by atoms with Crippen molar-refractivity contribution < 1.29 is 47.6 Å². The number of rotatable bonds is 24. The van der Waals surface area contributed by atoms with Crippen LogP contribution in [0.1, 0.15) is 83.2 Å². The van der Waals surface area contributed by atoms with Crippen molar-refractivity contribution in [3.63, 3.8) is 0 Å². The van der Waals surface area contributed by atoms with Crippen LogP contribution in [-0.4, -0.2) is 50.3 Å². The summed E-state index contributed by atoms with van der Waals surface area (Å²) in [5.74, 6) is 1.21. The van der Waals surface area contributed by atoms with E-state index in [9.17, 15) is 19.2 Å². The molecule has 0 saturated carbocycles. The first kappa shape index (κ1) is 51.3. The molecular formula is C58H60O10. The van der Waals surface area contributed by atoms with Gasteiger partial charge < -0.3 is 28.4 Å². The number of aryl methyl sites for hydroxylation is 2. The van der Waals surface area contributed by atoms with Crippen molar-refractivity contribution in [1.29, 1.82) is 0 Å². The number of unbranched alkanes of at least 4 members (excludes halogenated alkanes) is 6. The molecule has 0 aliphatic heterocycles. The minimum atomic E-state index is -0.378. The Morgan fingerprint density at radius 1 is 0.368 bits per heavy atom. The summed E-state index contributed by atoms with van der Waals surface area (Å²) in [6.07, 6.45) is 9.94. The van der Waals surface area contributed by atoms with E-state index in [0.29, 0.717) is 49.1 Å². The molecule has 0 aliphatic carbocycles. The van der Waals surface area contributed by atoms with Crippen LogP contribution in [0, 0.1) is 13.8 Å². The molecule has 0 heterocycles. The van der Waals surface area contributed by atoms with Crippen LogP contribution in [0.5, 0.6) is 23.0 Å². The highest BCUT2D eigenvalue weighted by Gasteiger charge is 2.11. The molecule has 352 valence electrons.